The molecular weight excluding hydrogens is 703 g/mol. The van der Waals surface area contributed by atoms with Crippen LogP contribution in [0.4, 0.5) is 14.5 Å². The van der Waals surface area contributed by atoms with Crippen molar-refractivity contribution in [3.05, 3.63) is 94.0 Å². The van der Waals surface area contributed by atoms with E-state index < -0.39 is 60.2 Å². The maximum absolute atomic E-state index is 14.4. The van der Waals surface area contributed by atoms with E-state index in [0.717, 1.165) is 18.2 Å². The summed E-state index contributed by atoms with van der Waals surface area (Å²) < 4.78 is 41.3. The third-order valence-corrected chi connectivity index (χ3v) is 10.3. The highest BCUT2D eigenvalue weighted by atomic mass is 31.2. The van der Waals surface area contributed by atoms with Gasteiger partial charge in [0.1, 0.15) is 29.4 Å². The molecule has 5 N–H and O–H groups in total. The number of para-hydroxylation sites is 1. The van der Waals surface area contributed by atoms with Gasteiger partial charge in [0.15, 0.2) is 0 Å². The smallest absolute Gasteiger partial charge is 0.351 e. The second-order valence-corrected chi connectivity index (χ2v) is 14.2. The molecule has 2 saturated heterocycles. The topological polar surface area (TPSA) is 218 Å². The standard InChI is InChI=1S/C34H32F2N7O8P/c1-19(44)41-13-11-23-8-10-29(31(46)39-26-12-14-42(32(47)24(26)17-37)22-5-3-2-4-6-22)43(23)33(48)28(18-41)40-30(45)27-16-20-15-21(7-9-25(20)38-27)34(35,36)52(49,50)51/h2-7,9,12,14-16,23,28-29,38H,8,10-11,13,18H2,1H3,(H,39,46)(H,40,45)(H2,49,50,51)/t23-,28+,29+/m1/s1. The molecule has 52 heavy (non-hydrogen) atoms. The van der Waals surface area contributed by atoms with Gasteiger partial charge < -0.3 is 35.2 Å². The Labute approximate surface area is 294 Å². The highest BCUT2D eigenvalue weighted by Gasteiger charge is 2.50. The number of nitriles is 1. The number of aromatic nitrogens is 2. The molecular formula is C34H32F2N7O8P. The minimum Gasteiger partial charge on any atom is -0.351 e. The number of anilines is 1. The molecule has 270 valence electrons. The molecule has 4 amide bonds. The van der Waals surface area contributed by atoms with Gasteiger partial charge in [0.05, 0.1) is 5.69 Å². The van der Waals surface area contributed by atoms with Gasteiger partial charge in [-0.25, -0.2) is 0 Å². The van der Waals surface area contributed by atoms with Crippen LogP contribution in [-0.4, -0.2) is 84.0 Å². The number of amides is 4. The lowest BCUT2D eigenvalue weighted by Gasteiger charge is -2.38. The number of nitrogens with zero attached hydrogens (tertiary/aromatic N) is 4. The summed E-state index contributed by atoms with van der Waals surface area (Å²) in [7, 11) is -5.85. The van der Waals surface area contributed by atoms with Gasteiger partial charge in [-0.15, -0.1) is 0 Å². The Bertz CT molecular complexity index is 2250. The molecule has 0 radical (unpaired) electrons. The van der Waals surface area contributed by atoms with E-state index in [1.54, 1.807) is 30.3 Å². The number of pyridine rings is 1. The Morgan fingerprint density at radius 2 is 1.77 bits per heavy atom. The predicted octanol–water partition coefficient (Wildman–Crippen LogP) is 2.77. The normalized spacial score (nSPS) is 19.4. The van der Waals surface area contributed by atoms with Crippen LogP contribution in [0.25, 0.3) is 16.6 Å². The van der Waals surface area contributed by atoms with Crippen molar-refractivity contribution in [2.75, 3.05) is 18.4 Å². The number of alkyl halides is 2. The first-order chi connectivity index (χ1) is 24.6. The fraction of sp³-hybridized carbons (Fsp3) is 0.294. The number of H-pyrrole nitrogens is 1. The number of aromatic amines is 1. The number of carbonyl (C=O) groups excluding carboxylic acids is 4. The lowest BCUT2D eigenvalue weighted by Crippen LogP contribution is -2.60. The van der Waals surface area contributed by atoms with Gasteiger partial charge in [-0.3, -0.25) is 33.1 Å². The molecule has 18 heteroatoms. The summed E-state index contributed by atoms with van der Waals surface area (Å²) in [5.41, 5.74) is -5.92. The van der Waals surface area contributed by atoms with E-state index in [1.807, 2.05) is 6.07 Å². The van der Waals surface area contributed by atoms with Gasteiger partial charge in [-0.1, -0.05) is 24.3 Å². The second kappa shape index (κ2) is 13.8. The molecule has 2 fully saturated rings. The van der Waals surface area contributed by atoms with Crippen LogP contribution in [0.5, 0.6) is 0 Å². The Morgan fingerprint density at radius 1 is 1.04 bits per heavy atom. The largest absolute Gasteiger partial charge is 0.399 e. The monoisotopic (exact) mass is 735 g/mol. The van der Waals surface area contributed by atoms with Gasteiger partial charge in [-0.05, 0) is 55.7 Å². The summed E-state index contributed by atoms with van der Waals surface area (Å²) in [4.78, 5) is 90.9. The van der Waals surface area contributed by atoms with Gasteiger partial charge in [0.2, 0.25) is 17.7 Å². The van der Waals surface area contributed by atoms with Crippen molar-refractivity contribution in [2.24, 2.45) is 0 Å². The number of benzene rings is 2. The van der Waals surface area contributed by atoms with Gasteiger partial charge in [-0.2, -0.15) is 14.0 Å². The predicted molar refractivity (Wildman–Crippen MR) is 181 cm³/mol. The van der Waals surface area contributed by atoms with Crippen LogP contribution in [0.1, 0.15) is 47.8 Å². The van der Waals surface area contributed by atoms with E-state index in [0.29, 0.717) is 18.5 Å². The summed E-state index contributed by atoms with van der Waals surface area (Å²) in [6, 6.07) is 12.9. The Kier molecular flexibility index (Phi) is 9.58. The molecule has 0 bridgehead atoms. The number of rotatable bonds is 7. The zero-order valence-electron chi connectivity index (χ0n) is 27.5. The van der Waals surface area contributed by atoms with E-state index in [4.69, 9.17) is 9.79 Å². The van der Waals surface area contributed by atoms with Crippen LogP contribution in [-0.2, 0) is 24.6 Å². The van der Waals surface area contributed by atoms with E-state index in [-0.39, 0.29) is 53.3 Å². The zero-order valence-corrected chi connectivity index (χ0v) is 28.3. The van der Waals surface area contributed by atoms with Crippen molar-refractivity contribution in [3.63, 3.8) is 0 Å². The number of fused-ring (bicyclic) bond motifs is 2. The minimum atomic E-state index is -5.85. The van der Waals surface area contributed by atoms with Crippen LogP contribution < -0.4 is 16.2 Å². The zero-order chi connectivity index (χ0) is 37.5. The fourth-order valence-corrected chi connectivity index (χ4v) is 7.10. The van der Waals surface area contributed by atoms with E-state index in [9.17, 15) is 42.6 Å². The Hall–Kier alpha value is -5.69. The molecule has 4 heterocycles. The number of nitrogens with one attached hydrogen (secondary N) is 3. The summed E-state index contributed by atoms with van der Waals surface area (Å²) in [6.07, 6.45) is 2.37. The first kappa shape index (κ1) is 36.1. The van der Waals surface area contributed by atoms with Crippen LogP contribution in [0.2, 0.25) is 0 Å². The third-order valence-electron chi connectivity index (χ3n) is 9.32. The summed E-state index contributed by atoms with van der Waals surface area (Å²) in [5, 5.41) is 15.1. The van der Waals surface area contributed by atoms with Gasteiger partial charge >= 0.3 is 13.3 Å². The molecule has 0 aliphatic carbocycles. The average Bonchev–Trinajstić information content (AvgIpc) is 3.73. The van der Waals surface area contributed by atoms with Crippen molar-refractivity contribution in [3.8, 4) is 11.8 Å². The quantitative estimate of drug-likeness (QED) is 0.176. The lowest BCUT2D eigenvalue weighted by atomic mass is 10.1. The summed E-state index contributed by atoms with van der Waals surface area (Å²) in [6.45, 7) is 1.28. The highest BCUT2D eigenvalue weighted by Crippen LogP contribution is 2.59. The first-order valence-corrected chi connectivity index (χ1v) is 17.7. The Balaban J connectivity index is 1.25. The van der Waals surface area contributed by atoms with Crippen molar-refractivity contribution < 1.29 is 42.3 Å². The molecule has 2 aliphatic rings. The van der Waals surface area contributed by atoms with Crippen LogP contribution in [0.3, 0.4) is 0 Å². The maximum atomic E-state index is 14.4. The molecule has 0 spiro atoms. The number of carbonyl (C=O) groups is 4. The molecule has 2 aromatic carbocycles. The van der Waals surface area contributed by atoms with Crippen LogP contribution >= 0.6 is 7.60 Å². The number of hydrogen-bond donors (Lipinski definition) is 5. The fourth-order valence-electron chi connectivity index (χ4n) is 6.63. The molecule has 15 nitrogen and oxygen atoms in total. The van der Waals surface area contributed by atoms with E-state index in [1.165, 1.54) is 39.6 Å². The average molecular weight is 736 g/mol. The van der Waals surface area contributed by atoms with Crippen molar-refractivity contribution in [1.82, 2.24) is 24.7 Å². The second-order valence-electron chi connectivity index (χ2n) is 12.6. The first-order valence-electron chi connectivity index (χ1n) is 16.1. The molecule has 6 rings (SSSR count). The summed E-state index contributed by atoms with van der Waals surface area (Å²) in [5.74, 6) is -2.53. The molecule has 3 atom stereocenters. The molecule has 0 saturated carbocycles. The number of hydrogen-bond acceptors (Lipinski definition) is 7. The minimum absolute atomic E-state index is 0.0367. The van der Waals surface area contributed by atoms with Crippen molar-refractivity contribution in [1.29, 1.82) is 5.26 Å². The molecule has 4 aromatic rings. The lowest BCUT2D eigenvalue weighted by molar-refractivity contribution is -0.143. The van der Waals surface area contributed by atoms with Crippen molar-refractivity contribution >= 4 is 47.8 Å². The van der Waals surface area contributed by atoms with Gasteiger partial charge in [0.25, 0.3) is 11.5 Å². The van der Waals surface area contributed by atoms with Crippen molar-refractivity contribution in [2.45, 2.75) is 50.0 Å². The molecule has 0 unspecified atom stereocenters. The van der Waals surface area contributed by atoms with E-state index in [2.05, 4.69) is 15.6 Å². The highest BCUT2D eigenvalue weighted by molar-refractivity contribution is 7.52. The van der Waals surface area contributed by atoms with Gasteiger partial charge in [0, 0.05) is 54.4 Å². The number of halogens is 2. The SMILES string of the molecule is CC(=O)N1CC[C@H]2CC[C@@H](C(=O)Nc3ccn(-c4ccccc4)c(=O)c3C#N)N2C(=O)[C@@H](NC(=O)c2cc3cc(C(F)(F)P(=O)(O)O)ccc3[nH]2)C1. The molecule has 2 aliphatic heterocycles. The van der Waals surface area contributed by atoms with Crippen LogP contribution in [0, 0.1) is 11.3 Å². The Morgan fingerprint density at radius 3 is 2.44 bits per heavy atom. The maximum Gasteiger partial charge on any atom is 0.399 e. The van der Waals surface area contributed by atoms with Crippen LogP contribution in [0.15, 0.2) is 71.7 Å². The summed E-state index contributed by atoms with van der Waals surface area (Å²) >= 11 is 0. The third kappa shape index (κ3) is 6.71. The van der Waals surface area contributed by atoms with E-state index >= 15 is 0 Å². The molecule has 2 aromatic heterocycles.